The van der Waals surface area contributed by atoms with E-state index in [9.17, 15) is 40.9 Å². The Morgan fingerprint density at radius 2 is 0.690 bits per heavy atom. The highest BCUT2D eigenvalue weighted by Gasteiger charge is 2.29. The van der Waals surface area contributed by atoms with Crippen LogP contribution in [0.1, 0.15) is 101 Å². The molecule has 18 nitrogen and oxygen atoms in total. The van der Waals surface area contributed by atoms with Crippen LogP contribution in [-0.4, -0.2) is 216 Å². The number of ether oxygens (including phenoxy) is 7. The first-order chi connectivity index (χ1) is 33.3. The van der Waals surface area contributed by atoms with E-state index in [4.69, 9.17) is 48.5 Å². The normalized spacial score (nSPS) is 14.8. The summed E-state index contributed by atoms with van der Waals surface area (Å²) in [7, 11) is 0. The topological polar surface area (TPSA) is 287 Å². The van der Waals surface area contributed by atoms with Gasteiger partial charge in [-0.3, -0.25) is 0 Å². The van der Waals surface area contributed by atoms with Crippen molar-refractivity contribution in [2.75, 3.05) is 99.1 Å². The summed E-state index contributed by atoms with van der Waals surface area (Å²) in [6.07, 6.45) is 5.41. The molecule has 428 valence electrons. The van der Waals surface area contributed by atoms with Crippen LogP contribution in [0.4, 0.5) is 0 Å². The van der Waals surface area contributed by atoms with E-state index in [0.717, 1.165) is 32.3 Å². The molecule has 0 aromatic heterocycles. The number of aliphatic hydroxyl groups excluding tert-OH is 11. The second-order valence-corrected chi connectivity index (χ2v) is 15.7. The maximum atomic E-state index is 9.42. The first-order valence-electron chi connectivity index (χ1n) is 24.5. The lowest BCUT2D eigenvalue weighted by Crippen LogP contribution is -2.45. The molecular weight excluding hydrogens is 925 g/mol. The lowest BCUT2D eigenvalue weighted by Gasteiger charge is -2.28. The van der Waals surface area contributed by atoms with Crippen LogP contribution in [-0.2, 0) is 33.2 Å². The van der Waals surface area contributed by atoms with E-state index in [1.807, 2.05) is 13.8 Å². The number of hydrogen-bond acceptors (Lipinski definition) is 18. The molecule has 0 aliphatic rings. The zero-order chi connectivity index (χ0) is 55.0. The van der Waals surface area contributed by atoms with Gasteiger partial charge in [0.1, 0.15) is 36.6 Å². The van der Waals surface area contributed by atoms with Gasteiger partial charge < -0.3 is 89.3 Å². The summed E-state index contributed by atoms with van der Waals surface area (Å²) < 4.78 is 35.2. The van der Waals surface area contributed by atoms with Crippen LogP contribution in [0.25, 0.3) is 0 Å². The Labute approximate surface area is 430 Å². The molecule has 71 heavy (non-hydrogen) atoms. The molecule has 0 saturated carbocycles. The molecule has 0 radical (unpaired) electrons. The van der Waals surface area contributed by atoms with Crippen molar-refractivity contribution in [2.24, 2.45) is 5.41 Å². The van der Waals surface area contributed by atoms with Crippen LogP contribution < -0.4 is 0 Å². The van der Waals surface area contributed by atoms with Crippen LogP contribution in [0.5, 0.6) is 0 Å². The van der Waals surface area contributed by atoms with Gasteiger partial charge in [-0.05, 0) is 44.9 Å². The third-order valence-corrected chi connectivity index (χ3v) is 9.53. The molecule has 11 N–H and O–H groups in total. The van der Waals surface area contributed by atoms with Gasteiger partial charge in [0.05, 0.1) is 117 Å². The minimum atomic E-state index is -1.41. The third-order valence-electron chi connectivity index (χ3n) is 9.53. The van der Waals surface area contributed by atoms with Crippen LogP contribution in [0.2, 0.25) is 0 Å². The minimum Gasteiger partial charge on any atom is -0.396 e. The zero-order valence-corrected chi connectivity index (χ0v) is 44.3. The van der Waals surface area contributed by atoms with Gasteiger partial charge in [-0.2, -0.15) is 0 Å². The number of hydrogen-bond donors (Lipinski definition) is 11. The molecule has 10 atom stereocenters. The average molecular weight is 1030 g/mol. The summed E-state index contributed by atoms with van der Waals surface area (Å²) in [6.45, 7) is 39.8. The molecule has 0 aliphatic carbocycles. The largest absolute Gasteiger partial charge is 0.396 e. The Morgan fingerprint density at radius 1 is 0.380 bits per heavy atom. The van der Waals surface area contributed by atoms with E-state index < -0.39 is 54.9 Å². The number of aliphatic hydroxyl groups is 11. The van der Waals surface area contributed by atoms with Crippen molar-refractivity contribution in [2.45, 2.75) is 162 Å². The van der Waals surface area contributed by atoms with Crippen molar-refractivity contribution in [3.05, 3.63) is 75.9 Å². The minimum absolute atomic E-state index is 0. The SMILES string of the molecule is C.C=CCOCC(CC)(CC)CO.C=CCOCC(O)C(O)C(O)C(O)CC.C=CCOCC(O)C(O)C(O)CC.C=CCOCC(O)CC.C=CCOCC(O)COCC(O)CC.C=CCOCCC. The number of rotatable bonds is 40. The molecule has 0 aromatic carbocycles. The van der Waals surface area contributed by atoms with Crippen molar-refractivity contribution in [1.82, 2.24) is 0 Å². The molecule has 0 aliphatic heterocycles. The van der Waals surface area contributed by atoms with Crippen LogP contribution in [0.3, 0.4) is 0 Å². The highest BCUT2D eigenvalue weighted by molar-refractivity contribution is 4.81. The molecule has 10 unspecified atom stereocenters. The van der Waals surface area contributed by atoms with Crippen LogP contribution >= 0.6 is 0 Å². The molecular formula is C53H108O18. The molecule has 0 aromatic rings. The predicted molar refractivity (Wildman–Crippen MR) is 285 cm³/mol. The molecule has 0 rings (SSSR count). The van der Waals surface area contributed by atoms with Gasteiger partial charge in [-0.25, -0.2) is 0 Å². The first kappa shape index (κ1) is 82.7. The average Bonchev–Trinajstić information content (AvgIpc) is 3.37. The fourth-order valence-electron chi connectivity index (χ4n) is 4.53. The summed E-state index contributed by atoms with van der Waals surface area (Å²) in [6, 6.07) is 0. The third kappa shape index (κ3) is 58.5. The van der Waals surface area contributed by atoms with Gasteiger partial charge in [-0.1, -0.05) is 92.3 Å². The maximum Gasteiger partial charge on any atom is 0.110 e. The Kier molecular flexibility index (Phi) is 74.4. The molecule has 0 saturated heterocycles. The van der Waals surface area contributed by atoms with Gasteiger partial charge in [0.2, 0.25) is 0 Å². The van der Waals surface area contributed by atoms with E-state index in [1.165, 1.54) is 6.08 Å². The van der Waals surface area contributed by atoms with Crippen LogP contribution in [0.15, 0.2) is 75.9 Å². The quantitative estimate of drug-likeness (QED) is 0.0302. The van der Waals surface area contributed by atoms with E-state index in [-0.39, 0.29) is 65.2 Å². The van der Waals surface area contributed by atoms with E-state index in [1.54, 1.807) is 44.2 Å². The van der Waals surface area contributed by atoms with Gasteiger partial charge >= 0.3 is 0 Å². The van der Waals surface area contributed by atoms with Gasteiger partial charge in [0, 0.05) is 12.0 Å². The lowest BCUT2D eigenvalue weighted by atomic mass is 9.84. The summed E-state index contributed by atoms with van der Waals surface area (Å²) in [5.41, 5.74) is -0.0387. The summed E-state index contributed by atoms with van der Waals surface area (Å²) in [4.78, 5) is 0. The molecule has 0 heterocycles. The molecule has 18 heteroatoms. The van der Waals surface area contributed by atoms with Gasteiger partial charge in [-0.15, -0.1) is 39.5 Å². The zero-order valence-electron chi connectivity index (χ0n) is 44.3. The maximum absolute atomic E-state index is 9.42. The van der Waals surface area contributed by atoms with Crippen molar-refractivity contribution < 1.29 is 89.3 Å². The molecule has 0 fully saturated rings. The first-order valence-corrected chi connectivity index (χ1v) is 24.5. The summed E-state index contributed by atoms with van der Waals surface area (Å²) in [5, 5.41) is 102. The lowest BCUT2D eigenvalue weighted by molar-refractivity contribution is -0.120. The van der Waals surface area contributed by atoms with E-state index in [2.05, 4.69) is 60.2 Å². The Bertz CT molecular complexity index is 1090. The van der Waals surface area contributed by atoms with E-state index in [0.29, 0.717) is 65.5 Å². The Hall–Kier alpha value is -2.28. The molecule has 0 bridgehead atoms. The summed E-state index contributed by atoms with van der Waals surface area (Å²) in [5.74, 6) is 0. The van der Waals surface area contributed by atoms with Crippen molar-refractivity contribution in [3.8, 4) is 0 Å². The second-order valence-electron chi connectivity index (χ2n) is 15.7. The van der Waals surface area contributed by atoms with Crippen LogP contribution in [0, 0.1) is 5.41 Å². The van der Waals surface area contributed by atoms with Gasteiger partial charge in [0.25, 0.3) is 0 Å². The van der Waals surface area contributed by atoms with Crippen molar-refractivity contribution >= 4 is 0 Å². The summed E-state index contributed by atoms with van der Waals surface area (Å²) >= 11 is 0. The highest BCUT2D eigenvalue weighted by atomic mass is 16.5. The predicted octanol–water partition coefficient (Wildman–Crippen LogP) is 4.24. The molecule has 0 spiro atoms. The Balaban J connectivity index is -0.000000140. The molecule has 0 amide bonds. The second kappa shape index (κ2) is 63.8. The van der Waals surface area contributed by atoms with Crippen molar-refractivity contribution in [3.63, 3.8) is 0 Å². The Morgan fingerprint density at radius 3 is 1.04 bits per heavy atom. The van der Waals surface area contributed by atoms with E-state index >= 15 is 0 Å². The van der Waals surface area contributed by atoms with Crippen molar-refractivity contribution in [1.29, 1.82) is 0 Å². The standard InChI is InChI=1S/C10H20O5.C10H20O4.C10H20O2.C9H18O4.C7H14O2.C6H12O.CH4/c1-3-5-15-6-8(12)10(14)9(13)7(11)4-2;1-3-5-13-7-10(12)8-14-6-9(11)4-2;1-4-7-12-9-10(5-2,6-3)8-11;1-3-5-13-6-8(11)9(12)7(10)4-2;1-3-5-9-6-7(8)4-2;1-3-5-7-6-4-2;/h3,7-14H,1,4-6H2,2H3;3,9-12H,1,4-8H2,2H3;4,11H,1,5-9H2,2-3H3;3,7-12H,1,4-6H2,2H3;3,7-8H,1,4-6H2,2H3;3H,1,4-6H2,2H3;1H4. The fourth-order valence-corrected chi connectivity index (χ4v) is 4.53. The highest BCUT2D eigenvalue weighted by Crippen LogP contribution is 2.25. The monoisotopic (exact) mass is 1030 g/mol. The van der Waals surface area contributed by atoms with Gasteiger partial charge in [0.15, 0.2) is 0 Å². The fraction of sp³-hybridized carbons (Fsp3) is 0.774. The smallest absolute Gasteiger partial charge is 0.110 e.